The Hall–Kier alpha value is -4.06. The average molecular weight is 1190 g/mol. The second-order valence-corrected chi connectivity index (χ2v) is 36.3. The van der Waals surface area contributed by atoms with Crippen molar-refractivity contribution >= 4 is 11.9 Å². The van der Waals surface area contributed by atoms with E-state index in [1.165, 1.54) is 160 Å². The predicted octanol–water partition coefficient (Wildman–Crippen LogP) is 15.7. The van der Waals surface area contributed by atoms with Crippen LogP contribution >= 0.6 is 0 Å². The molecule has 15 aliphatic carbocycles. The molecule has 1 aromatic rings. The monoisotopic (exact) mass is 1190 g/mol. The summed E-state index contributed by atoms with van der Waals surface area (Å²) >= 11 is 0. The van der Waals surface area contributed by atoms with Gasteiger partial charge in [0, 0.05) is 84.4 Å². The van der Waals surface area contributed by atoms with E-state index in [0.29, 0.717) is 102 Å². The van der Waals surface area contributed by atoms with Crippen molar-refractivity contribution in [1.82, 2.24) is 9.80 Å². The number of hydrogen-bond acceptors (Lipinski definition) is 8. The lowest BCUT2D eigenvalue weighted by Crippen LogP contribution is -2.79. The Morgan fingerprint density at radius 1 is 0.820 bits per heavy atom. The minimum atomic E-state index is -1.18. The molecule has 0 radical (unpaired) electrons. The lowest BCUT2D eigenvalue weighted by atomic mass is 9.26. The molecule has 7 heterocycles. The fourth-order valence-corrected chi connectivity index (χ4v) is 32.6. The smallest absolute Gasteiger partial charge is 0.339 e. The zero-order valence-corrected chi connectivity index (χ0v) is 53.6. The Bertz CT molecular complexity index is 3650. The molecule has 468 valence electrons. The van der Waals surface area contributed by atoms with Gasteiger partial charge in [-0.25, -0.2) is 4.79 Å². The second-order valence-electron chi connectivity index (χ2n) is 36.3. The first kappa shape index (κ1) is 53.3. The number of piperidine rings is 2. The molecule has 89 heavy (non-hydrogen) atoms. The van der Waals surface area contributed by atoms with Crippen LogP contribution in [0.2, 0.25) is 0 Å². The van der Waals surface area contributed by atoms with E-state index < -0.39 is 16.4 Å². The van der Waals surface area contributed by atoms with E-state index in [1.807, 2.05) is 0 Å². The van der Waals surface area contributed by atoms with Crippen LogP contribution in [0.4, 0.5) is 0 Å². The first-order valence-electron chi connectivity index (χ1n) is 38.0. The molecule has 8 nitrogen and oxygen atoms in total. The number of fused-ring (bicyclic) bond motifs is 7. The Balaban J connectivity index is 0.833. The molecule has 3 saturated heterocycles. The lowest BCUT2D eigenvalue weighted by Gasteiger charge is -2.76. The first-order valence-corrected chi connectivity index (χ1v) is 38.0. The van der Waals surface area contributed by atoms with Crippen LogP contribution in [0, 0.1) is 126 Å². The lowest BCUT2D eigenvalue weighted by molar-refractivity contribution is -0.284. The molecule has 0 amide bonds. The van der Waals surface area contributed by atoms with Crippen molar-refractivity contribution in [2.24, 2.45) is 120 Å². The SMILES string of the molecule is CC1CC2=C3C4C5=C6C7CC14CCC7=CC(C1CCCC4(CCCC4)C1)CC1C64C(=O)OC(=C(O)CC6C7CC8(CCCC8)C8(CCCC89CCCC9C#CCC8C9CN3C3C(C2)C2C=CC3(CN68)C9C2)C7)C4(CC5)C12OC(=O)c1c(CCCN)cccc12. The van der Waals surface area contributed by atoms with Crippen LogP contribution in [0.5, 0.6) is 0 Å². The zero-order valence-electron chi connectivity index (χ0n) is 53.6. The van der Waals surface area contributed by atoms with Gasteiger partial charge < -0.3 is 25.2 Å². The van der Waals surface area contributed by atoms with Crippen molar-refractivity contribution in [3.05, 3.63) is 92.6 Å². The fraction of sp³-hybridized carbons (Fsp3) is 0.753. The molecule has 22 unspecified atom stereocenters. The predicted molar refractivity (Wildman–Crippen MR) is 341 cm³/mol. The molecular formula is C81H99N3O5. The summed E-state index contributed by atoms with van der Waals surface area (Å²) in [4.78, 5) is 39.7. The molecule has 9 saturated carbocycles. The highest BCUT2D eigenvalue weighted by molar-refractivity contribution is 6.00. The summed E-state index contributed by atoms with van der Waals surface area (Å²) in [6, 6.07) is 7.45. The number of rotatable bonds is 4. The van der Waals surface area contributed by atoms with Gasteiger partial charge in [0.05, 0.1) is 11.0 Å². The topological polar surface area (TPSA) is 105 Å². The fourth-order valence-electron chi connectivity index (χ4n) is 32.6. The van der Waals surface area contributed by atoms with Crippen LogP contribution in [0.15, 0.2) is 75.9 Å². The number of aryl methyl sites for hydroxylation is 1. The van der Waals surface area contributed by atoms with Gasteiger partial charge in [-0.3, -0.25) is 9.69 Å². The van der Waals surface area contributed by atoms with Gasteiger partial charge in [0.1, 0.15) is 11.2 Å². The summed E-state index contributed by atoms with van der Waals surface area (Å²) < 4.78 is 15.4. The number of hydrogen-bond donors (Lipinski definition) is 2. The highest BCUT2D eigenvalue weighted by Gasteiger charge is 2.95. The van der Waals surface area contributed by atoms with E-state index in [4.69, 9.17) is 15.2 Å². The quantitative estimate of drug-likeness (QED) is 0.175. The molecule has 1 aromatic carbocycles. The Morgan fingerprint density at radius 3 is 2.56 bits per heavy atom. The van der Waals surface area contributed by atoms with Gasteiger partial charge in [0.25, 0.3) is 0 Å². The van der Waals surface area contributed by atoms with Crippen molar-refractivity contribution < 1.29 is 24.2 Å². The van der Waals surface area contributed by atoms with Crippen molar-refractivity contribution in [1.29, 1.82) is 0 Å². The van der Waals surface area contributed by atoms with Gasteiger partial charge in [-0.2, -0.15) is 0 Å². The molecule has 9 spiro atoms. The van der Waals surface area contributed by atoms with Gasteiger partial charge in [0.15, 0.2) is 11.4 Å². The van der Waals surface area contributed by atoms with E-state index in [-0.39, 0.29) is 69.4 Å². The largest absolute Gasteiger partial charge is 0.509 e. The van der Waals surface area contributed by atoms with Gasteiger partial charge in [-0.15, -0.1) is 5.92 Å². The summed E-state index contributed by atoms with van der Waals surface area (Å²) in [6.07, 6.45) is 47.4. The number of carbonyl (C=O) groups is 2. The molecule has 0 aromatic heterocycles. The van der Waals surface area contributed by atoms with E-state index in [0.717, 1.165) is 68.3 Å². The van der Waals surface area contributed by atoms with E-state index in [9.17, 15) is 5.11 Å². The first-order chi connectivity index (χ1) is 43.4. The van der Waals surface area contributed by atoms with Crippen molar-refractivity contribution in [3.8, 4) is 11.8 Å². The van der Waals surface area contributed by atoms with Gasteiger partial charge in [-0.05, 0) is 252 Å². The number of nitrogens with zero attached hydrogens (tertiary/aromatic N) is 2. The molecule has 22 atom stereocenters. The second kappa shape index (κ2) is 17.3. The molecule has 8 heteroatoms. The summed E-state index contributed by atoms with van der Waals surface area (Å²) in [7, 11) is 0. The number of esters is 2. The van der Waals surface area contributed by atoms with Crippen LogP contribution in [-0.4, -0.2) is 64.6 Å². The molecule has 23 rings (SSSR count). The number of ether oxygens (including phenoxy) is 2. The third-order valence-electron chi connectivity index (χ3n) is 34.8. The third kappa shape index (κ3) is 5.72. The number of benzene rings is 1. The number of aliphatic hydroxyl groups is 1. The summed E-state index contributed by atoms with van der Waals surface area (Å²) in [5.74, 6) is 13.8. The Morgan fingerprint density at radius 2 is 1.67 bits per heavy atom. The van der Waals surface area contributed by atoms with Gasteiger partial charge in [-0.1, -0.05) is 105 Å². The maximum absolute atomic E-state index is 17.4. The maximum Gasteiger partial charge on any atom is 0.339 e. The molecule has 22 aliphatic rings. The number of nitrogens with two attached hydrogens (primary N) is 1. The van der Waals surface area contributed by atoms with Crippen LogP contribution < -0.4 is 5.73 Å². The van der Waals surface area contributed by atoms with E-state index >= 15 is 9.59 Å². The zero-order chi connectivity index (χ0) is 58.8. The molecule has 7 aliphatic heterocycles. The van der Waals surface area contributed by atoms with Crippen molar-refractivity contribution in [2.45, 2.75) is 243 Å². The normalized spacial score (nSPS) is 51.5. The molecule has 12 fully saturated rings. The highest BCUT2D eigenvalue weighted by Crippen LogP contribution is 2.90. The Labute approximate surface area is 529 Å². The third-order valence-corrected chi connectivity index (χ3v) is 34.8. The summed E-state index contributed by atoms with van der Waals surface area (Å²) in [6.45, 7) is 5.42. The van der Waals surface area contributed by atoms with Crippen LogP contribution in [-0.2, 0) is 26.3 Å². The van der Waals surface area contributed by atoms with Crippen LogP contribution in [0.1, 0.15) is 234 Å². The highest BCUT2D eigenvalue weighted by atomic mass is 16.6. The number of allylic oxidation sites excluding steroid dienone is 5. The van der Waals surface area contributed by atoms with E-state index in [1.54, 1.807) is 22.4 Å². The van der Waals surface area contributed by atoms with E-state index in [2.05, 4.69) is 65.0 Å². The minimum Gasteiger partial charge on any atom is -0.509 e. The molecule has 3 N–H and O–H groups in total. The minimum absolute atomic E-state index is 0.0242. The number of aliphatic hydroxyl groups excluding tert-OH is 1. The van der Waals surface area contributed by atoms with Gasteiger partial charge in [0.2, 0.25) is 0 Å². The van der Waals surface area contributed by atoms with Gasteiger partial charge >= 0.3 is 11.9 Å². The Kier molecular flexibility index (Phi) is 10.3. The average Bonchev–Trinajstić information content (AvgIpc) is 1.54. The molecular weight excluding hydrogens is 1090 g/mol. The molecule has 14 bridgehead atoms. The van der Waals surface area contributed by atoms with Crippen LogP contribution in [0.3, 0.4) is 0 Å². The van der Waals surface area contributed by atoms with Crippen molar-refractivity contribution in [2.75, 3.05) is 19.6 Å². The van der Waals surface area contributed by atoms with Crippen LogP contribution in [0.25, 0.3) is 0 Å². The number of carbonyl (C=O) groups excluding carboxylic acids is 2. The maximum atomic E-state index is 17.4. The summed E-state index contributed by atoms with van der Waals surface area (Å²) in [5, 5.41) is 14.7. The summed E-state index contributed by atoms with van der Waals surface area (Å²) in [5.41, 5.74) is 15.3. The van der Waals surface area contributed by atoms with Crippen molar-refractivity contribution in [3.63, 3.8) is 0 Å². The standard InChI is InChI=1S/C81H99N3O5/c1-46-34-52-36-56-49-20-31-76-45-84-61-18-7-15-54-16-9-27-77(54)28-11-29-78(77)42-53(41-74(78)25-4-5-26-74)62(84)39-63(85)70-79-32-21-55-66-57-43-75(46,67(55)68(52)83(69(56)76)44-58(61)60(76)37-49)30-19-48(57)35-51(50-13-8-24-73(40-50)22-2-3-23-73)38-64(80(66,79)72(87)88-70)81(79)59-17-6-12-47(14-10-33-82)65(59)71(86)89-81/h6,12,17,20,31,35,46,49-51,53-54,56-58,60-62,64,67,69,85H,2-5,8-11,13-14,16,18-19,21-30,32-34,36-45,82H2,1H3.